The number of carbonyl (C=O) groups excluding carboxylic acids is 2. The molecule has 2 unspecified atom stereocenters. The van der Waals surface area contributed by atoms with E-state index in [-0.39, 0.29) is 17.4 Å². The number of thioether (sulfide) groups is 1. The van der Waals surface area contributed by atoms with E-state index in [4.69, 9.17) is 4.98 Å². The number of para-hydroxylation sites is 1. The molecule has 2 aliphatic rings. The Bertz CT molecular complexity index is 1220. The summed E-state index contributed by atoms with van der Waals surface area (Å²) in [6, 6.07) is 9.43. The first kappa shape index (κ1) is 19.5. The zero-order chi connectivity index (χ0) is 20.8. The molecule has 3 aromatic rings. The van der Waals surface area contributed by atoms with E-state index in [1.54, 1.807) is 15.9 Å². The highest BCUT2D eigenvalue weighted by Gasteiger charge is 2.31. The van der Waals surface area contributed by atoms with Gasteiger partial charge in [0, 0.05) is 11.3 Å². The van der Waals surface area contributed by atoms with E-state index < -0.39 is 5.25 Å². The van der Waals surface area contributed by atoms with Gasteiger partial charge in [0.05, 0.1) is 16.3 Å². The highest BCUT2D eigenvalue weighted by Crippen LogP contribution is 2.37. The van der Waals surface area contributed by atoms with Crippen LogP contribution in [0.4, 0.5) is 0 Å². The number of amides is 2. The fourth-order valence-corrected chi connectivity index (χ4v) is 6.69. The fourth-order valence-electron chi connectivity index (χ4n) is 4.17. The lowest BCUT2D eigenvalue weighted by molar-refractivity contribution is -0.132. The molecule has 3 heterocycles. The number of thiophene rings is 1. The standard InChI is InChI=1S/C22H21N3O3S2/c1-12-7-8-14-16(11-12)29-20-18(14)21(28)25(13-5-3-2-4-6-13)22(24-20)30-15-9-10-17(26)23-19(15)27/h2-6,12,15H,7-11H2,1H3,(H,23,26,27). The number of aryl methyl sites for hydroxylation is 1. The molecule has 30 heavy (non-hydrogen) atoms. The fraction of sp³-hybridized carbons (Fsp3) is 0.364. The van der Waals surface area contributed by atoms with Crippen molar-refractivity contribution in [3.05, 3.63) is 51.1 Å². The minimum atomic E-state index is -0.448. The molecule has 1 saturated heterocycles. The highest BCUT2D eigenvalue weighted by atomic mass is 32.2. The topological polar surface area (TPSA) is 81.1 Å². The Hall–Kier alpha value is -2.45. The van der Waals surface area contributed by atoms with Gasteiger partial charge >= 0.3 is 0 Å². The maximum absolute atomic E-state index is 13.7. The Morgan fingerprint density at radius 3 is 2.70 bits per heavy atom. The number of carbonyl (C=O) groups is 2. The van der Waals surface area contributed by atoms with Crippen molar-refractivity contribution in [2.45, 2.75) is 49.4 Å². The van der Waals surface area contributed by atoms with Gasteiger partial charge in [-0.05, 0) is 49.3 Å². The third kappa shape index (κ3) is 3.37. The average Bonchev–Trinajstić information content (AvgIpc) is 3.08. The van der Waals surface area contributed by atoms with Crippen molar-refractivity contribution >= 4 is 45.1 Å². The van der Waals surface area contributed by atoms with E-state index in [9.17, 15) is 14.4 Å². The molecule has 1 fully saturated rings. The van der Waals surface area contributed by atoms with Crippen LogP contribution in [0.2, 0.25) is 0 Å². The number of hydrogen-bond acceptors (Lipinski definition) is 6. The molecule has 1 N–H and O–H groups in total. The molecule has 0 bridgehead atoms. The van der Waals surface area contributed by atoms with Gasteiger partial charge in [-0.3, -0.25) is 24.3 Å². The van der Waals surface area contributed by atoms with Gasteiger partial charge in [0.15, 0.2) is 5.16 Å². The second-order valence-electron chi connectivity index (χ2n) is 7.96. The average molecular weight is 440 g/mol. The van der Waals surface area contributed by atoms with E-state index in [0.29, 0.717) is 23.9 Å². The third-order valence-electron chi connectivity index (χ3n) is 5.75. The van der Waals surface area contributed by atoms with Crippen molar-refractivity contribution in [1.29, 1.82) is 0 Å². The first-order chi connectivity index (χ1) is 14.5. The van der Waals surface area contributed by atoms with Gasteiger partial charge in [0.1, 0.15) is 4.83 Å². The molecule has 1 aliphatic heterocycles. The van der Waals surface area contributed by atoms with Crippen LogP contribution in [-0.2, 0) is 22.4 Å². The summed E-state index contributed by atoms with van der Waals surface area (Å²) >= 11 is 2.87. The Morgan fingerprint density at radius 2 is 1.93 bits per heavy atom. The van der Waals surface area contributed by atoms with Crippen molar-refractivity contribution < 1.29 is 9.59 Å². The molecule has 0 radical (unpaired) electrons. The predicted molar refractivity (Wildman–Crippen MR) is 118 cm³/mol. The molecule has 6 nitrogen and oxygen atoms in total. The normalized spacial score (nSPS) is 21.5. The number of fused-ring (bicyclic) bond motifs is 3. The molecule has 2 amide bonds. The van der Waals surface area contributed by atoms with Crippen LogP contribution in [0.1, 0.15) is 36.6 Å². The minimum absolute atomic E-state index is 0.0759. The quantitative estimate of drug-likeness (QED) is 0.499. The van der Waals surface area contributed by atoms with Crippen molar-refractivity contribution in [3.63, 3.8) is 0 Å². The van der Waals surface area contributed by atoms with Gasteiger partial charge in [-0.15, -0.1) is 11.3 Å². The number of benzene rings is 1. The zero-order valence-corrected chi connectivity index (χ0v) is 18.1. The number of imide groups is 1. The van der Waals surface area contributed by atoms with Crippen LogP contribution < -0.4 is 10.9 Å². The number of hydrogen-bond donors (Lipinski definition) is 1. The van der Waals surface area contributed by atoms with Crippen LogP contribution in [0.25, 0.3) is 15.9 Å². The molecule has 0 spiro atoms. The van der Waals surface area contributed by atoms with E-state index in [1.165, 1.54) is 16.6 Å². The lowest BCUT2D eigenvalue weighted by Crippen LogP contribution is -2.42. The van der Waals surface area contributed by atoms with E-state index in [2.05, 4.69) is 12.2 Å². The van der Waals surface area contributed by atoms with Crippen LogP contribution in [0.3, 0.4) is 0 Å². The van der Waals surface area contributed by atoms with Crippen molar-refractivity contribution in [3.8, 4) is 5.69 Å². The van der Waals surface area contributed by atoms with Gasteiger partial charge in [0.25, 0.3) is 5.56 Å². The number of aromatic nitrogens is 2. The summed E-state index contributed by atoms with van der Waals surface area (Å²) in [6.45, 7) is 2.24. The lowest BCUT2D eigenvalue weighted by atomic mass is 9.89. The summed E-state index contributed by atoms with van der Waals surface area (Å²) in [7, 11) is 0. The van der Waals surface area contributed by atoms with Crippen LogP contribution in [0, 0.1) is 5.92 Å². The molecule has 8 heteroatoms. The summed E-state index contributed by atoms with van der Waals surface area (Å²) in [6.07, 6.45) is 3.71. The van der Waals surface area contributed by atoms with Gasteiger partial charge in [-0.25, -0.2) is 4.98 Å². The maximum Gasteiger partial charge on any atom is 0.267 e. The van der Waals surface area contributed by atoms with Crippen LogP contribution in [-0.4, -0.2) is 26.6 Å². The summed E-state index contributed by atoms with van der Waals surface area (Å²) in [5.74, 6) is 0.0458. The Balaban J connectivity index is 1.68. The maximum atomic E-state index is 13.7. The Kier molecular flexibility index (Phi) is 4.99. The van der Waals surface area contributed by atoms with E-state index in [1.807, 2.05) is 30.3 Å². The predicted octanol–water partition coefficient (Wildman–Crippen LogP) is 3.47. The number of piperidine rings is 1. The molecule has 5 rings (SSSR count). The van der Waals surface area contributed by atoms with Crippen LogP contribution >= 0.6 is 23.1 Å². The Morgan fingerprint density at radius 1 is 1.13 bits per heavy atom. The summed E-state index contributed by atoms with van der Waals surface area (Å²) < 4.78 is 1.63. The SMILES string of the molecule is CC1CCc2c(sc3nc(SC4CCC(=O)NC4=O)n(-c4ccccc4)c(=O)c23)C1. The van der Waals surface area contributed by atoms with Crippen LogP contribution in [0.15, 0.2) is 40.3 Å². The minimum Gasteiger partial charge on any atom is -0.295 e. The largest absolute Gasteiger partial charge is 0.295 e. The molecule has 1 aromatic carbocycles. The second-order valence-corrected chi connectivity index (χ2v) is 10.2. The first-order valence-corrected chi connectivity index (χ1v) is 11.8. The van der Waals surface area contributed by atoms with E-state index >= 15 is 0 Å². The molecular weight excluding hydrogens is 418 g/mol. The molecule has 2 aromatic heterocycles. The van der Waals surface area contributed by atoms with Crippen molar-refractivity contribution in [2.24, 2.45) is 5.92 Å². The second kappa shape index (κ2) is 7.67. The Labute approximate surface area is 181 Å². The number of nitrogens with zero attached hydrogens (tertiary/aromatic N) is 2. The van der Waals surface area contributed by atoms with Gasteiger partial charge in [0.2, 0.25) is 11.8 Å². The summed E-state index contributed by atoms with van der Waals surface area (Å²) in [5.41, 5.74) is 1.80. The number of rotatable bonds is 3. The first-order valence-electron chi connectivity index (χ1n) is 10.1. The smallest absolute Gasteiger partial charge is 0.267 e. The molecule has 2 atom stereocenters. The summed E-state index contributed by atoms with van der Waals surface area (Å²) in [5, 5.41) is 3.17. The number of nitrogens with one attached hydrogen (secondary N) is 1. The zero-order valence-electron chi connectivity index (χ0n) is 16.5. The van der Waals surface area contributed by atoms with Gasteiger partial charge < -0.3 is 0 Å². The van der Waals surface area contributed by atoms with Gasteiger partial charge in [-0.2, -0.15) is 0 Å². The molecule has 154 valence electrons. The molecular formula is C22H21N3O3S2. The van der Waals surface area contributed by atoms with E-state index in [0.717, 1.165) is 40.7 Å². The third-order valence-corrected chi connectivity index (χ3v) is 8.12. The summed E-state index contributed by atoms with van der Waals surface area (Å²) in [4.78, 5) is 44.4. The van der Waals surface area contributed by atoms with Crippen molar-refractivity contribution in [2.75, 3.05) is 0 Å². The lowest BCUT2D eigenvalue weighted by Gasteiger charge is -2.21. The monoisotopic (exact) mass is 439 g/mol. The molecule has 1 aliphatic carbocycles. The van der Waals surface area contributed by atoms with Crippen LogP contribution in [0.5, 0.6) is 0 Å². The highest BCUT2D eigenvalue weighted by molar-refractivity contribution is 8.00. The van der Waals surface area contributed by atoms with Crippen molar-refractivity contribution in [1.82, 2.24) is 14.9 Å². The van der Waals surface area contributed by atoms with Gasteiger partial charge in [-0.1, -0.05) is 36.9 Å². The molecule has 0 saturated carbocycles.